The maximum absolute atomic E-state index is 10.8. The number of rotatable bonds is 7. The van der Waals surface area contributed by atoms with Crippen LogP contribution in [0.15, 0.2) is 0 Å². The minimum Gasteiger partial charge on any atom is -0.450 e. The number of ether oxygens (including phenoxy) is 1. The van der Waals surface area contributed by atoms with Crippen LogP contribution in [0, 0.1) is 0 Å². The number of carbonyl (C=O) groups is 1. The number of alkyl carbamates (subject to hydrolysis) is 1. The van der Waals surface area contributed by atoms with Gasteiger partial charge in [0.25, 0.3) is 0 Å². The molecule has 0 aliphatic carbocycles. The Hall–Kier alpha value is -0.440. The standard InChI is InChI=1S/C9H18ClNO2/c1-2-11-9(12)13-8-6-4-3-5-7-10/h2-8H2,1H3,(H,11,12). The fourth-order valence-electron chi connectivity index (χ4n) is 0.910. The van der Waals surface area contributed by atoms with Crippen molar-refractivity contribution in [2.24, 2.45) is 0 Å². The number of unbranched alkanes of at least 4 members (excludes halogenated alkanes) is 3. The molecule has 0 saturated carbocycles. The zero-order valence-electron chi connectivity index (χ0n) is 8.14. The number of hydrogen-bond acceptors (Lipinski definition) is 2. The fraction of sp³-hybridized carbons (Fsp3) is 0.889. The number of alkyl halides is 1. The van der Waals surface area contributed by atoms with Crippen molar-refractivity contribution in [3.8, 4) is 0 Å². The normalized spacial score (nSPS) is 9.69. The SMILES string of the molecule is CCNC(=O)OCCCCCCCl. The molecule has 4 heteroatoms. The molecule has 0 aliphatic rings. The van der Waals surface area contributed by atoms with E-state index in [-0.39, 0.29) is 6.09 Å². The number of amides is 1. The predicted octanol–water partition coefficient (Wildman–Crippen LogP) is 2.53. The lowest BCUT2D eigenvalue weighted by molar-refractivity contribution is 0.144. The molecule has 0 unspecified atom stereocenters. The molecule has 0 bridgehead atoms. The molecule has 0 fully saturated rings. The second kappa shape index (κ2) is 9.65. The molecule has 0 spiro atoms. The van der Waals surface area contributed by atoms with Crippen molar-refractivity contribution in [1.29, 1.82) is 0 Å². The van der Waals surface area contributed by atoms with Crippen LogP contribution in [-0.2, 0) is 4.74 Å². The summed E-state index contributed by atoms with van der Waals surface area (Å²) in [6.45, 7) is 2.99. The van der Waals surface area contributed by atoms with Crippen LogP contribution in [0.4, 0.5) is 4.79 Å². The van der Waals surface area contributed by atoms with Crippen LogP contribution in [0.1, 0.15) is 32.6 Å². The van der Waals surface area contributed by atoms with E-state index in [1.54, 1.807) is 0 Å². The molecule has 0 atom stereocenters. The summed E-state index contributed by atoms with van der Waals surface area (Å²) in [7, 11) is 0. The Morgan fingerprint density at radius 2 is 2.00 bits per heavy atom. The molecule has 13 heavy (non-hydrogen) atoms. The largest absolute Gasteiger partial charge is 0.450 e. The molecular formula is C9H18ClNO2. The van der Waals surface area contributed by atoms with Crippen molar-refractivity contribution in [2.75, 3.05) is 19.0 Å². The van der Waals surface area contributed by atoms with Crippen LogP contribution >= 0.6 is 11.6 Å². The second-order valence-electron chi connectivity index (χ2n) is 2.77. The van der Waals surface area contributed by atoms with E-state index in [0.717, 1.165) is 31.6 Å². The molecule has 1 amide bonds. The lowest BCUT2D eigenvalue weighted by atomic mass is 10.2. The summed E-state index contributed by atoms with van der Waals surface area (Å²) in [4.78, 5) is 10.8. The second-order valence-corrected chi connectivity index (χ2v) is 3.15. The minimum atomic E-state index is -0.320. The van der Waals surface area contributed by atoms with Crippen molar-refractivity contribution in [2.45, 2.75) is 32.6 Å². The van der Waals surface area contributed by atoms with E-state index in [9.17, 15) is 4.79 Å². The summed E-state index contributed by atoms with van der Waals surface area (Å²) < 4.78 is 4.88. The quantitative estimate of drug-likeness (QED) is 0.515. The first-order chi connectivity index (χ1) is 6.31. The molecule has 1 N–H and O–H groups in total. The van der Waals surface area contributed by atoms with E-state index in [0.29, 0.717) is 13.2 Å². The Kier molecular flexibility index (Phi) is 9.32. The monoisotopic (exact) mass is 207 g/mol. The summed E-state index contributed by atoms with van der Waals surface area (Å²) in [6, 6.07) is 0. The Balaban J connectivity index is 3.02. The molecule has 0 aromatic heterocycles. The maximum atomic E-state index is 10.8. The first-order valence-corrected chi connectivity index (χ1v) is 5.31. The zero-order valence-corrected chi connectivity index (χ0v) is 8.90. The van der Waals surface area contributed by atoms with Gasteiger partial charge in [-0.1, -0.05) is 12.8 Å². The number of halogens is 1. The highest BCUT2D eigenvalue weighted by Crippen LogP contribution is 2.00. The van der Waals surface area contributed by atoms with E-state index >= 15 is 0 Å². The van der Waals surface area contributed by atoms with Crippen LogP contribution in [-0.4, -0.2) is 25.1 Å². The van der Waals surface area contributed by atoms with Gasteiger partial charge in [-0.3, -0.25) is 0 Å². The van der Waals surface area contributed by atoms with Crippen molar-refractivity contribution in [1.82, 2.24) is 5.32 Å². The molecule has 0 saturated heterocycles. The highest BCUT2D eigenvalue weighted by Gasteiger charge is 1.97. The van der Waals surface area contributed by atoms with Gasteiger partial charge in [0.2, 0.25) is 0 Å². The first-order valence-electron chi connectivity index (χ1n) is 4.77. The van der Waals surface area contributed by atoms with Crippen molar-refractivity contribution in [3.63, 3.8) is 0 Å². The summed E-state index contributed by atoms with van der Waals surface area (Å²) >= 11 is 5.51. The van der Waals surface area contributed by atoms with Crippen molar-refractivity contribution in [3.05, 3.63) is 0 Å². The van der Waals surface area contributed by atoms with Crippen molar-refractivity contribution < 1.29 is 9.53 Å². The minimum absolute atomic E-state index is 0.320. The molecule has 0 heterocycles. The van der Waals surface area contributed by atoms with Gasteiger partial charge in [0, 0.05) is 12.4 Å². The Labute approximate surface area is 84.8 Å². The number of nitrogens with one attached hydrogen (secondary N) is 1. The number of hydrogen-bond donors (Lipinski definition) is 1. The third-order valence-corrected chi connectivity index (χ3v) is 1.85. The average Bonchev–Trinajstić information content (AvgIpc) is 2.11. The van der Waals surface area contributed by atoms with Gasteiger partial charge >= 0.3 is 6.09 Å². The van der Waals surface area contributed by atoms with Gasteiger partial charge in [0.1, 0.15) is 0 Å². The lowest BCUT2D eigenvalue weighted by Gasteiger charge is -2.04. The summed E-state index contributed by atoms with van der Waals surface area (Å²) in [5, 5.41) is 2.57. The lowest BCUT2D eigenvalue weighted by Crippen LogP contribution is -2.23. The van der Waals surface area contributed by atoms with E-state index in [4.69, 9.17) is 16.3 Å². The third kappa shape index (κ3) is 9.47. The summed E-state index contributed by atoms with van der Waals surface area (Å²) in [5.74, 6) is 0.719. The van der Waals surface area contributed by atoms with Gasteiger partial charge in [-0.25, -0.2) is 4.79 Å². The highest BCUT2D eigenvalue weighted by molar-refractivity contribution is 6.17. The van der Waals surface area contributed by atoms with Crippen LogP contribution < -0.4 is 5.32 Å². The Morgan fingerprint density at radius 1 is 1.31 bits per heavy atom. The molecule has 0 rings (SSSR count). The zero-order chi connectivity index (χ0) is 9.94. The number of carbonyl (C=O) groups excluding carboxylic acids is 1. The van der Waals surface area contributed by atoms with E-state index in [1.807, 2.05) is 6.92 Å². The van der Waals surface area contributed by atoms with Gasteiger partial charge in [-0.15, -0.1) is 11.6 Å². The third-order valence-electron chi connectivity index (χ3n) is 1.58. The first kappa shape index (κ1) is 12.6. The van der Waals surface area contributed by atoms with Crippen LogP contribution in [0.2, 0.25) is 0 Å². The smallest absolute Gasteiger partial charge is 0.407 e. The average molecular weight is 208 g/mol. The van der Waals surface area contributed by atoms with Crippen molar-refractivity contribution >= 4 is 17.7 Å². The van der Waals surface area contributed by atoms with E-state index < -0.39 is 0 Å². The molecule has 0 aromatic carbocycles. The van der Waals surface area contributed by atoms with E-state index in [2.05, 4.69) is 5.32 Å². The van der Waals surface area contributed by atoms with Gasteiger partial charge in [-0.2, -0.15) is 0 Å². The molecule has 0 aliphatic heterocycles. The van der Waals surface area contributed by atoms with Gasteiger partial charge in [0.15, 0.2) is 0 Å². The van der Waals surface area contributed by atoms with Gasteiger partial charge < -0.3 is 10.1 Å². The van der Waals surface area contributed by atoms with E-state index in [1.165, 1.54) is 0 Å². The van der Waals surface area contributed by atoms with Crippen LogP contribution in [0.25, 0.3) is 0 Å². The van der Waals surface area contributed by atoms with Crippen LogP contribution in [0.5, 0.6) is 0 Å². The molecular weight excluding hydrogens is 190 g/mol. The molecule has 0 radical (unpaired) electrons. The Bertz CT molecular complexity index is 131. The maximum Gasteiger partial charge on any atom is 0.407 e. The van der Waals surface area contributed by atoms with Crippen LogP contribution in [0.3, 0.4) is 0 Å². The summed E-state index contributed by atoms with van der Waals surface area (Å²) in [6.07, 6.45) is 3.84. The van der Waals surface area contributed by atoms with Gasteiger partial charge in [-0.05, 0) is 19.8 Å². The predicted molar refractivity (Wildman–Crippen MR) is 54.2 cm³/mol. The fourth-order valence-corrected chi connectivity index (χ4v) is 1.10. The highest BCUT2D eigenvalue weighted by atomic mass is 35.5. The topological polar surface area (TPSA) is 38.3 Å². The Morgan fingerprint density at radius 3 is 2.62 bits per heavy atom. The summed E-state index contributed by atoms with van der Waals surface area (Å²) in [5.41, 5.74) is 0. The molecule has 0 aromatic rings. The van der Waals surface area contributed by atoms with Gasteiger partial charge in [0.05, 0.1) is 6.61 Å². The molecule has 3 nitrogen and oxygen atoms in total. The molecule has 78 valence electrons.